The molecule has 2 fully saturated rings. The van der Waals surface area contributed by atoms with Gasteiger partial charge in [-0.1, -0.05) is 13.8 Å². The van der Waals surface area contributed by atoms with Gasteiger partial charge in [0, 0.05) is 32.7 Å². The fourth-order valence-corrected chi connectivity index (χ4v) is 3.33. The molecule has 2 rings (SSSR count). The smallest absolute Gasteiger partial charge is 0.317 e. The molecular formula is C15H28N2O2. The summed E-state index contributed by atoms with van der Waals surface area (Å²) in [6.07, 6.45) is 5.44. The standard InChI is InChI=1S/C15H28N2O2/c1-15(2)5-3-13(4-6-15)11-16-7-9-17(10-8-16)12-14(18)19/h13H,3-12H2,1-2H3,(H,18,19). The highest BCUT2D eigenvalue weighted by atomic mass is 16.4. The van der Waals surface area contributed by atoms with Crippen LogP contribution in [0.3, 0.4) is 0 Å². The van der Waals surface area contributed by atoms with Gasteiger partial charge in [0.15, 0.2) is 0 Å². The van der Waals surface area contributed by atoms with Crippen molar-refractivity contribution in [2.75, 3.05) is 39.3 Å². The van der Waals surface area contributed by atoms with Gasteiger partial charge in [-0.3, -0.25) is 9.69 Å². The first kappa shape index (κ1) is 14.8. The largest absolute Gasteiger partial charge is 0.480 e. The maximum atomic E-state index is 10.7. The first-order valence-electron chi connectivity index (χ1n) is 7.61. The van der Waals surface area contributed by atoms with Gasteiger partial charge in [0.05, 0.1) is 6.54 Å². The van der Waals surface area contributed by atoms with Crippen LogP contribution in [-0.4, -0.2) is 60.1 Å². The predicted octanol–water partition coefficient (Wildman–Crippen LogP) is 1.90. The summed E-state index contributed by atoms with van der Waals surface area (Å²) in [5.41, 5.74) is 0.552. The molecule has 0 aromatic carbocycles. The summed E-state index contributed by atoms with van der Waals surface area (Å²) in [7, 11) is 0. The van der Waals surface area contributed by atoms with Gasteiger partial charge >= 0.3 is 5.97 Å². The highest BCUT2D eigenvalue weighted by Gasteiger charge is 2.28. The van der Waals surface area contributed by atoms with Crippen LogP contribution in [0, 0.1) is 11.3 Å². The molecule has 0 aromatic rings. The number of nitrogens with zero attached hydrogens (tertiary/aromatic N) is 2. The molecule has 1 saturated carbocycles. The van der Waals surface area contributed by atoms with E-state index in [0.717, 1.165) is 32.1 Å². The van der Waals surface area contributed by atoms with E-state index in [1.807, 2.05) is 4.90 Å². The minimum absolute atomic E-state index is 0.200. The Morgan fingerprint density at radius 1 is 1.11 bits per heavy atom. The van der Waals surface area contributed by atoms with Crippen LogP contribution in [0.15, 0.2) is 0 Å². The number of hydrogen-bond acceptors (Lipinski definition) is 3. The summed E-state index contributed by atoms with van der Waals surface area (Å²) in [6, 6.07) is 0. The van der Waals surface area contributed by atoms with Crippen LogP contribution in [0.1, 0.15) is 39.5 Å². The van der Waals surface area contributed by atoms with E-state index in [1.165, 1.54) is 32.2 Å². The van der Waals surface area contributed by atoms with Crippen molar-refractivity contribution in [3.8, 4) is 0 Å². The molecule has 1 N–H and O–H groups in total. The van der Waals surface area contributed by atoms with Crippen LogP contribution < -0.4 is 0 Å². The highest BCUT2D eigenvalue weighted by molar-refractivity contribution is 5.69. The van der Waals surface area contributed by atoms with E-state index in [1.54, 1.807) is 0 Å². The van der Waals surface area contributed by atoms with Crippen molar-refractivity contribution in [3.05, 3.63) is 0 Å². The Kier molecular flexibility index (Phi) is 4.85. The molecule has 0 spiro atoms. The van der Waals surface area contributed by atoms with Gasteiger partial charge in [-0.05, 0) is 37.0 Å². The number of piperazine rings is 1. The molecule has 4 heteroatoms. The molecule has 0 radical (unpaired) electrons. The lowest BCUT2D eigenvalue weighted by Crippen LogP contribution is -2.49. The van der Waals surface area contributed by atoms with Crippen LogP contribution in [0.2, 0.25) is 0 Å². The molecular weight excluding hydrogens is 240 g/mol. The molecule has 4 nitrogen and oxygen atoms in total. The monoisotopic (exact) mass is 268 g/mol. The number of hydrogen-bond donors (Lipinski definition) is 1. The molecule has 0 amide bonds. The van der Waals surface area contributed by atoms with Crippen LogP contribution in [0.25, 0.3) is 0 Å². The predicted molar refractivity (Wildman–Crippen MR) is 76.3 cm³/mol. The van der Waals surface area contributed by atoms with Crippen molar-refractivity contribution >= 4 is 5.97 Å². The van der Waals surface area contributed by atoms with Crippen LogP contribution in [0.4, 0.5) is 0 Å². The topological polar surface area (TPSA) is 43.8 Å². The highest BCUT2D eigenvalue weighted by Crippen LogP contribution is 2.38. The molecule has 1 saturated heterocycles. The molecule has 2 aliphatic rings. The lowest BCUT2D eigenvalue weighted by Gasteiger charge is -2.39. The van der Waals surface area contributed by atoms with E-state index in [-0.39, 0.29) is 6.54 Å². The summed E-state index contributed by atoms with van der Waals surface area (Å²) in [6.45, 7) is 10.1. The molecule has 0 aromatic heterocycles. The van der Waals surface area contributed by atoms with E-state index >= 15 is 0 Å². The minimum atomic E-state index is -0.706. The van der Waals surface area contributed by atoms with Crippen molar-refractivity contribution in [2.45, 2.75) is 39.5 Å². The zero-order valence-electron chi connectivity index (χ0n) is 12.4. The fourth-order valence-electron chi connectivity index (χ4n) is 3.33. The second kappa shape index (κ2) is 6.23. The fraction of sp³-hybridized carbons (Fsp3) is 0.933. The lowest BCUT2D eigenvalue weighted by atomic mass is 9.73. The summed E-state index contributed by atoms with van der Waals surface area (Å²) in [4.78, 5) is 15.2. The summed E-state index contributed by atoms with van der Waals surface area (Å²) in [5.74, 6) is 0.155. The second-order valence-corrected chi connectivity index (χ2v) is 7.08. The van der Waals surface area contributed by atoms with E-state index in [4.69, 9.17) is 5.11 Å². The number of carboxylic acids is 1. The van der Waals surface area contributed by atoms with Crippen LogP contribution in [0.5, 0.6) is 0 Å². The summed E-state index contributed by atoms with van der Waals surface area (Å²) < 4.78 is 0. The quantitative estimate of drug-likeness (QED) is 0.846. The van der Waals surface area contributed by atoms with Gasteiger partial charge in [0.25, 0.3) is 0 Å². The normalized spacial score (nSPS) is 26.4. The van der Waals surface area contributed by atoms with Gasteiger partial charge in [0.1, 0.15) is 0 Å². The SMILES string of the molecule is CC1(C)CCC(CN2CCN(CC(=O)O)CC2)CC1. The first-order chi connectivity index (χ1) is 8.94. The Balaban J connectivity index is 1.67. The zero-order chi connectivity index (χ0) is 13.9. The van der Waals surface area contributed by atoms with E-state index in [9.17, 15) is 4.79 Å². The van der Waals surface area contributed by atoms with Crippen LogP contribution >= 0.6 is 0 Å². The van der Waals surface area contributed by atoms with Crippen LogP contribution in [-0.2, 0) is 4.79 Å². The average Bonchev–Trinajstić information content (AvgIpc) is 2.34. The van der Waals surface area contributed by atoms with E-state index < -0.39 is 5.97 Å². The van der Waals surface area contributed by atoms with Crippen molar-refractivity contribution < 1.29 is 9.90 Å². The molecule has 0 bridgehead atoms. The minimum Gasteiger partial charge on any atom is -0.480 e. The van der Waals surface area contributed by atoms with Crippen molar-refractivity contribution in [1.29, 1.82) is 0 Å². The number of rotatable bonds is 4. The van der Waals surface area contributed by atoms with Crippen molar-refractivity contribution in [1.82, 2.24) is 9.80 Å². The molecule has 19 heavy (non-hydrogen) atoms. The van der Waals surface area contributed by atoms with Gasteiger partial charge in [-0.25, -0.2) is 0 Å². The Bertz CT molecular complexity index is 299. The Hall–Kier alpha value is -0.610. The lowest BCUT2D eigenvalue weighted by molar-refractivity contribution is -0.138. The number of aliphatic carboxylic acids is 1. The van der Waals surface area contributed by atoms with Gasteiger partial charge in [-0.15, -0.1) is 0 Å². The van der Waals surface area contributed by atoms with Gasteiger partial charge < -0.3 is 10.0 Å². The third kappa shape index (κ3) is 4.77. The third-order valence-electron chi connectivity index (χ3n) is 4.80. The molecule has 1 aliphatic heterocycles. The molecule has 1 aliphatic carbocycles. The molecule has 110 valence electrons. The number of carbonyl (C=O) groups is 1. The maximum absolute atomic E-state index is 10.7. The number of carboxylic acid groups (broad SMARTS) is 1. The Morgan fingerprint density at radius 3 is 2.16 bits per heavy atom. The Labute approximate surface area is 116 Å². The van der Waals surface area contributed by atoms with E-state index in [2.05, 4.69) is 18.7 Å². The van der Waals surface area contributed by atoms with Crippen molar-refractivity contribution in [2.24, 2.45) is 11.3 Å². The van der Waals surface area contributed by atoms with Gasteiger partial charge in [-0.2, -0.15) is 0 Å². The van der Waals surface area contributed by atoms with E-state index in [0.29, 0.717) is 5.41 Å². The molecule has 0 unspecified atom stereocenters. The first-order valence-corrected chi connectivity index (χ1v) is 7.61. The molecule has 0 atom stereocenters. The second-order valence-electron chi connectivity index (χ2n) is 7.08. The van der Waals surface area contributed by atoms with Gasteiger partial charge in [0.2, 0.25) is 0 Å². The van der Waals surface area contributed by atoms with Crippen molar-refractivity contribution in [3.63, 3.8) is 0 Å². The zero-order valence-corrected chi connectivity index (χ0v) is 12.4. The summed E-state index contributed by atoms with van der Waals surface area (Å²) in [5, 5.41) is 8.79. The third-order valence-corrected chi connectivity index (χ3v) is 4.80. The maximum Gasteiger partial charge on any atom is 0.317 e. The Morgan fingerprint density at radius 2 is 1.63 bits per heavy atom. The average molecular weight is 268 g/mol. The molecule has 1 heterocycles. The summed E-state index contributed by atoms with van der Waals surface area (Å²) >= 11 is 0.